The Morgan fingerprint density at radius 2 is 1.82 bits per heavy atom. The van der Waals surface area contributed by atoms with Gasteiger partial charge in [0.2, 0.25) is 0 Å². The smallest absolute Gasteiger partial charge is 0.0497 e. The Hall–Kier alpha value is -1.80. The second-order valence-electron chi connectivity index (χ2n) is 4.56. The summed E-state index contributed by atoms with van der Waals surface area (Å²) in [5.74, 6) is 0.188. The molecule has 1 atom stereocenters. The predicted octanol–water partition coefficient (Wildman–Crippen LogP) is 3.42. The van der Waals surface area contributed by atoms with E-state index in [4.69, 9.17) is 0 Å². The van der Waals surface area contributed by atoms with Gasteiger partial charge in [0, 0.05) is 34.3 Å². The van der Waals surface area contributed by atoms with Gasteiger partial charge in [0.1, 0.15) is 0 Å². The average molecular weight is 225 g/mol. The van der Waals surface area contributed by atoms with Gasteiger partial charge in [-0.15, -0.1) is 0 Å². The molecule has 0 radical (unpaired) electrons. The Balaban J connectivity index is 2.30. The number of aliphatic hydroxyl groups excluding tert-OH is 1. The van der Waals surface area contributed by atoms with Gasteiger partial charge in [-0.1, -0.05) is 31.2 Å². The molecule has 0 amide bonds. The highest BCUT2D eigenvalue weighted by atomic mass is 16.3. The Morgan fingerprint density at radius 3 is 2.65 bits per heavy atom. The first-order valence-electron chi connectivity index (χ1n) is 5.91. The van der Waals surface area contributed by atoms with E-state index in [1.54, 1.807) is 0 Å². The van der Waals surface area contributed by atoms with Crippen LogP contribution in [-0.2, 0) is 0 Å². The summed E-state index contributed by atoms with van der Waals surface area (Å²) in [4.78, 5) is 3.40. The highest BCUT2D eigenvalue weighted by Crippen LogP contribution is 2.28. The largest absolute Gasteiger partial charge is 0.396 e. The fourth-order valence-corrected chi connectivity index (χ4v) is 2.28. The third-order valence-electron chi connectivity index (χ3n) is 3.37. The van der Waals surface area contributed by atoms with Crippen molar-refractivity contribution in [3.05, 3.63) is 48.0 Å². The van der Waals surface area contributed by atoms with Crippen LogP contribution in [0.1, 0.15) is 18.4 Å². The minimum absolute atomic E-state index is 0.188. The molecule has 86 valence electrons. The molecule has 1 heterocycles. The molecule has 17 heavy (non-hydrogen) atoms. The SMILES string of the molecule is CC(CO)c1ccc2[nH]c3ccccc3c2c1. The molecule has 1 unspecified atom stereocenters. The maximum absolute atomic E-state index is 9.22. The van der Waals surface area contributed by atoms with Gasteiger partial charge in [-0.05, 0) is 23.8 Å². The molecule has 0 aliphatic heterocycles. The lowest BCUT2D eigenvalue weighted by Gasteiger charge is -2.07. The van der Waals surface area contributed by atoms with E-state index < -0.39 is 0 Å². The van der Waals surface area contributed by atoms with Crippen molar-refractivity contribution >= 4 is 21.8 Å². The highest BCUT2D eigenvalue weighted by molar-refractivity contribution is 6.07. The van der Waals surface area contributed by atoms with E-state index >= 15 is 0 Å². The predicted molar refractivity (Wildman–Crippen MR) is 71.3 cm³/mol. The van der Waals surface area contributed by atoms with Crippen LogP contribution in [-0.4, -0.2) is 16.7 Å². The van der Waals surface area contributed by atoms with Crippen LogP contribution >= 0.6 is 0 Å². The third kappa shape index (κ3) is 1.61. The van der Waals surface area contributed by atoms with E-state index in [9.17, 15) is 5.11 Å². The van der Waals surface area contributed by atoms with E-state index in [2.05, 4.69) is 41.4 Å². The zero-order valence-corrected chi connectivity index (χ0v) is 9.77. The van der Waals surface area contributed by atoms with Crippen molar-refractivity contribution < 1.29 is 5.11 Å². The van der Waals surface area contributed by atoms with Gasteiger partial charge in [-0.3, -0.25) is 0 Å². The number of aromatic amines is 1. The van der Waals surface area contributed by atoms with Crippen molar-refractivity contribution in [2.24, 2.45) is 0 Å². The molecule has 0 saturated carbocycles. The van der Waals surface area contributed by atoms with Crippen molar-refractivity contribution in [2.45, 2.75) is 12.8 Å². The minimum atomic E-state index is 0.188. The quantitative estimate of drug-likeness (QED) is 0.688. The summed E-state index contributed by atoms with van der Waals surface area (Å²) in [6.45, 7) is 2.23. The van der Waals surface area contributed by atoms with Gasteiger partial charge in [0.25, 0.3) is 0 Å². The first-order valence-corrected chi connectivity index (χ1v) is 5.91. The number of benzene rings is 2. The molecular weight excluding hydrogens is 210 g/mol. The Morgan fingerprint density at radius 1 is 1.06 bits per heavy atom. The van der Waals surface area contributed by atoms with Crippen LogP contribution in [0.15, 0.2) is 42.5 Å². The number of hydrogen-bond donors (Lipinski definition) is 2. The number of H-pyrrole nitrogens is 1. The first-order chi connectivity index (χ1) is 8.29. The minimum Gasteiger partial charge on any atom is -0.396 e. The fraction of sp³-hybridized carbons (Fsp3) is 0.200. The zero-order valence-electron chi connectivity index (χ0n) is 9.77. The standard InChI is InChI=1S/C15H15NO/c1-10(9-17)11-6-7-15-13(8-11)12-4-2-3-5-14(12)16-15/h2-8,10,16-17H,9H2,1H3. The Labute approximate surface area is 99.9 Å². The lowest BCUT2D eigenvalue weighted by atomic mass is 10.00. The topological polar surface area (TPSA) is 36.0 Å². The van der Waals surface area contributed by atoms with E-state index in [1.807, 2.05) is 13.0 Å². The molecule has 3 rings (SSSR count). The van der Waals surface area contributed by atoms with Crippen molar-refractivity contribution in [1.29, 1.82) is 0 Å². The summed E-state index contributed by atoms with van der Waals surface area (Å²) in [6, 6.07) is 14.7. The molecule has 3 aromatic rings. The molecule has 0 spiro atoms. The lowest BCUT2D eigenvalue weighted by Crippen LogP contribution is -1.97. The molecule has 2 aromatic carbocycles. The highest BCUT2D eigenvalue weighted by Gasteiger charge is 2.08. The molecule has 2 nitrogen and oxygen atoms in total. The van der Waals surface area contributed by atoms with Gasteiger partial charge in [0.15, 0.2) is 0 Å². The molecule has 0 aliphatic rings. The van der Waals surface area contributed by atoms with Gasteiger partial charge < -0.3 is 10.1 Å². The van der Waals surface area contributed by atoms with Crippen LogP contribution in [0.4, 0.5) is 0 Å². The lowest BCUT2D eigenvalue weighted by molar-refractivity contribution is 0.273. The van der Waals surface area contributed by atoms with Crippen molar-refractivity contribution in [3.63, 3.8) is 0 Å². The van der Waals surface area contributed by atoms with E-state index in [0.29, 0.717) is 0 Å². The number of rotatable bonds is 2. The molecule has 2 N–H and O–H groups in total. The zero-order chi connectivity index (χ0) is 11.8. The normalized spacial score (nSPS) is 13.3. The summed E-state index contributed by atoms with van der Waals surface area (Å²) in [6.07, 6.45) is 0. The number of para-hydroxylation sites is 1. The number of aliphatic hydroxyl groups is 1. The van der Waals surface area contributed by atoms with E-state index in [-0.39, 0.29) is 12.5 Å². The number of aromatic nitrogens is 1. The van der Waals surface area contributed by atoms with Crippen LogP contribution in [0.2, 0.25) is 0 Å². The van der Waals surface area contributed by atoms with Crippen LogP contribution in [0.3, 0.4) is 0 Å². The van der Waals surface area contributed by atoms with Gasteiger partial charge in [-0.25, -0.2) is 0 Å². The summed E-state index contributed by atoms with van der Waals surface area (Å²) in [5, 5.41) is 11.7. The maximum Gasteiger partial charge on any atom is 0.0497 e. The van der Waals surface area contributed by atoms with E-state index in [0.717, 1.165) is 11.0 Å². The van der Waals surface area contributed by atoms with Crippen molar-refractivity contribution in [3.8, 4) is 0 Å². The van der Waals surface area contributed by atoms with Crippen LogP contribution in [0, 0.1) is 0 Å². The van der Waals surface area contributed by atoms with Crippen molar-refractivity contribution in [1.82, 2.24) is 4.98 Å². The van der Waals surface area contributed by atoms with Crippen molar-refractivity contribution in [2.75, 3.05) is 6.61 Å². The van der Waals surface area contributed by atoms with Crippen LogP contribution in [0.25, 0.3) is 21.8 Å². The maximum atomic E-state index is 9.22. The first kappa shape index (κ1) is 10.4. The third-order valence-corrected chi connectivity index (χ3v) is 3.37. The molecule has 1 aromatic heterocycles. The summed E-state index contributed by atoms with van der Waals surface area (Å²) < 4.78 is 0. The molecule has 0 bridgehead atoms. The molecule has 2 heteroatoms. The Bertz CT molecular complexity index is 669. The van der Waals surface area contributed by atoms with Crippen LogP contribution < -0.4 is 0 Å². The fourth-order valence-electron chi connectivity index (χ4n) is 2.28. The Kier molecular flexibility index (Phi) is 2.37. The summed E-state index contributed by atoms with van der Waals surface area (Å²) in [5.41, 5.74) is 3.50. The number of nitrogens with one attached hydrogen (secondary N) is 1. The molecular formula is C15H15NO. The number of hydrogen-bond acceptors (Lipinski definition) is 1. The molecule has 0 saturated heterocycles. The molecule has 0 aliphatic carbocycles. The van der Waals surface area contributed by atoms with Crippen LogP contribution in [0.5, 0.6) is 0 Å². The summed E-state index contributed by atoms with van der Waals surface area (Å²) >= 11 is 0. The second kappa shape index (κ2) is 3.90. The molecule has 0 fully saturated rings. The monoisotopic (exact) mass is 225 g/mol. The van der Waals surface area contributed by atoms with Gasteiger partial charge in [0.05, 0.1) is 0 Å². The second-order valence-corrected chi connectivity index (χ2v) is 4.56. The van der Waals surface area contributed by atoms with Gasteiger partial charge in [-0.2, -0.15) is 0 Å². The number of fused-ring (bicyclic) bond motifs is 3. The summed E-state index contributed by atoms with van der Waals surface area (Å²) in [7, 11) is 0. The van der Waals surface area contributed by atoms with E-state index in [1.165, 1.54) is 16.3 Å². The van der Waals surface area contributed by atoms with Gasteiger partial charge >= 0.3 is 0 Å². The average Bonchev–Trinajstić information content (AvgIpc) is 2.75.